The van der Waals surface area contributed by atoms with Crippen molar-refractivity contribution in [3.8, 4) is 0 Å². The summed E-state index contributed by atoms with van der Waals surface area (Å²) in [6.07, 6.45) is 4.31. The van der Waals surface area contributed by atoms with E-state index in [1.807, 2.05) is 0 Å². The van der Waals surface area contributed by atoms with Crippen LogP contribution in [0.4, 0.5) is 0 Å². The minimum atomic E-state index is -3.12. The lowest BCUT2D eigenvalue weighted by Gasteiger charge is -2.45. The molecule has 1 aromatic carbocycles. The lowest BCUT2D eigenvalue weighted by atomic mass is 10.4. The monoisotopic (exact) mass is 500 g/mol. The molecule has 0 spiro atoms. The van der Waals surface area contributed by atoms with Gasteiger partial charge in [-0.1, -0.05) is 50.1 Å². The zero-order chi connectivity index (χ0) is 23.6. The molecule has 0 saturated heterocycles. The topological polar surface area (TPSA) is 79.7 Å². The van der Waals surface area contributed by atoms with Gasteiger partial charge in [-0.3, -0.25) is 0 Å². The fourth-order valence-electron chi connectivity index (χ4n) is 3.78. The van der Waals surface area contributed by atoms with Gasteiger partial charge >= 0.3 is 8.80 Å². The molecule has 0 unspecified atom stereocenters. The van der Waals surface area contributed by atoms with Crippen molar-refractivity contribution in [2.45, 2.75) is 90.0 Å². The van der Waals surface area contributed by atoms with E-state index in [0.717, 1.165) is 36.2 Å². The van der Waals surface area contributed by atoms with Gasteiger partial charge in [0.05, 0.1) is 0 Å². The molecule has 0 amide bonds. The number of rotatable bonds is 16. The third-order valence-corrected chi connectivity index (χ3v) is 21.0. The van der Waals surface area contributed by atoms with Crippen LogP contribution in [0.3, 0.4) is 0 Å². The predicted octanol–water partition coefficient (Wildman–Crippen LogP) is 5.00. The molecule has 9 heteroatoms. The second-order valence-corrected chi connectivity index (χ2v) is 26.6. The number of hydrogen-bond donors (Lipinski definition) is 2. The summed E-state index contributed by atoms with van der Waals surface area (Å²) in [5.41, 5.74) is 11.7. The highest BCUT2D eigenvalue weighted by molar-refractivity contribution is 6.96. The van der Waals surface area contributed by atoms with E-state index < -0.39 is 33.8 Å². The Balaban J connectivity index is 3.47. The van der Waals surface area contributed by atoms with Gasteiger partial charge in [0.25, 0.3) is 0 Å². The predicted molar refractivity (Wildman–Crippen MR) is 144 cm³/mol. The Morgan fingerprint density at radius 3 is 1.39 bits per heavy atom. The summed E-state index contributed by atoms with van der Waals surface area (Å²) >= 11 is 0. The van der Waals surface area contributed by atoms with Gasteiger partial charge in [-0.25, -0.2) is 0 Å². The van der Waals surface area contributed by atoms with Crippen LogP contribution in [0, 0.1) is 0 Å². The summed E-state index contributed by atoms with van der Waals surface area (Å²) in [7, 11) is -9.23. The fourth-order valence-corrected chi connectivity index (χ4v) is 20.7. The Hall–Kier alpha value is -0.112. The van der Waals surface area contributed by atoms with Crippen molar-refractivity contribution in [1.82, 2.24) is 0 Å². The molecule has 0 aliphatic heterocycles. The summed E-state index contributed by atoms with van der Waals surface area (Å²) < 4.78 is 21.5. The van der Waals surface area contributed by atoms with Crippen LogP contribution in [0.1, 0.15) is 32.6 Å². The largest absolute Gasteiger partial charge is 0.505 e. The Labute approximate surface area is 196 Å². The van der Waals surface area contributed by atoms with Crippen LogP contribution in [-0.4, -0.2) is 46.8 Å². The summed E-state index contributed by atoms with van der Waals surface area (Å²) in [6.45, 7) is 17.4. The van der Waals surface area contributed by atoms with Gasteiger partial charge in [0.1, 0.15) is 0 Å². The molecule has 4 N–H and O–H groups in total. The summed E-state index contributed by atoms with van der Waals surface area (Å²) in [4.78, 5) is 0. The molecule has 0 fully saturated rings. The first-order valence-corrected chi connectivity index (χ1v) is 23.0. The maximum absolute atomic E-state index is 7.19. The number of unbranched alkanes of at least 4 members (excludes halogenated alkanes) is 1. The minimum absolute atomic E-state index is 0.689. The van der Waals surface area contributed by atoms with Gasteiger partial charge in [0, 0.05) is 5.19 Å². The number of benzene rings is 1. The Morgan fingerprint density at radius 2 is 1.03 bits per heavy atom. The number of hydrogen-bond acceptors (Lipinski definition) is 5. The maximum atomic E-state index is 7.19. The lowest BCUT2D eigenvalue weighted by Crippen LogP contribution is -2.68. The smallest absolute Gasteiger partial charge is 0.413 e. The average Bonchev–Trinajstić information content (AvgIpc) is 2.69. The van der Waals surface area contributed by atoms with Gasteiger partial charge in [0.15, 0.2) is 25.0 Å². The van der Waals surface area contributed by atoms with Crippen molar-refractivity contribution < 1.29 is 12.3 Å². The number of nitrogens with two attached hydrogens (primary N) is 2. The molecule has 1 rings (SSSR count). The Kier molecular flexibility index (Phi) is 12.1. The SMILES string of the molecule is CCCC[Si](C)(C)O[Si](O[Si](C)(C)CCCN)(O[Si](C)(C)CCCN)c1ccccc1. The molecule has 0 radical (unpaired) electrons. The average molecular weight is 501 g/mol. The molecule has 0 bridgehead atoms. The van der Waals surface area contributed by atoms with Crippen LogP contribution in [0.2, 0.25) is 57.4 Å². The molecule has 0 atom stereocenters. The van der Waals surface area contributed by atoms with Gasteiger partial charge < -0.3 is 23.8 Å². The molecular weight excluding hydrogens is 453 g/mol. The molecule has 0 aromatic heterocycles. The normalized spacial score (nSPS) is 13.6. The maximum Gasteiger partial charge on any atom is 0.505 e. The standard InChI is InChI=1S/C22H48N2O3Si4/c1-8-9-19-28(2,3)25-31(22-15-11-10-12-16-22,26-29(4,5)20-13-17-23)27-30(6,7)21-14-18-24/h10-12,15-16H,8-9,13-14,17-21,23-24H2,1-7H3. The van der Waals surface area contributed by atoms with E-state index in [1.54, 1.807) is 0 Å². The van der Waals surface area contributed by atoms with Gasteiger partial charge in [-0.15, -0.1) is 0 Å². The van der Waals surface area contributed by atoms with Crippen LogP contribution in [-0.2, 0) is 12.3 Å². The highest BCUT2D eigenvalue weighted by Gasteiger charge is 2.53. The zero-order valence-electron chi connectivity index (χ0n) is 21.1. The van der Waals surface area contributed by atoms with Crippen LogP contribution in [0.5, 0.6) is 0 Å². The molecular formula is C22H48N2O3Si4. The Bertz CT molecular complexity index is 575. The molecule has 0 saturated carbocycles. The van der Waals surface area contributed by atoms with Crippen LogP contribution >= 0.6 is 0 Å². The van der Waals surface area contributed by atoms with Crippen molar-refractivity contribution in [3.63, 3.8) is 0 Å². The third kappa shape index (κ3) is 10.6. The van der Waals surface area contributed by atoms with Crippen LogP contribution in [0.15, 0.2) is 30.3 Å². The molecule has 0 aliphatic carbocycles. The lowest BCUT2D eigenvalue weighted by molar-refractivity contribution is 0.267. The summed E-state index contributed by atoms with van der Waals surface area (Å²) in [6, 6.07) is 13.7. The molecule has 0 heterocycles. The van der Waals surface area contributed by atoms with Gasteiger partial charge in [0.2, 0.25) is 0 Å². The highest BCUT2D eigenvalue weighted by Crippen LogP contribution is 2.31. The quantitative estimate of drug-likeness (QED) is 0.312. The molecule has 0 aliphatic rings. The zero-order valence-corrected chi connectivity index (χ0v) is 25.1. The second-order valence-electron chi connectivity index (χ2n) is 10.4. The van der Waals surface area contributed by atoms with Crippen molar-refractivity contribution in [2.75, 3.05) is 13.1 Å². The highest BCUT2D eigenvalue weighted by atomic mass is 28.5. The van der Waals surface area contributed by atoms with Gasteiger partial charge in [-0.2, -0.15) is 0 Å². The van der Waals surface area contributed by atoms with Crippen molar-refractivity contribution >= 4 is 38.9 Å². The van der Waals surface area contributed by atoms with E-state index in [9.17, 15) is 0 Å². The molecule has 31 heavy (non-hydrogen) atoms. The van der Waals surface area contributed by atoms with Crippen molar-refractivity contribution in [3.05, 3.63) is 30.3 Å². The van der Waals surface area contributed by atoms with E-state index in [0.29, 0.717) is 13.1 Å². The third-order valence-electron chi connectivity index (χ3n) is 5.46. The minimum Gasteiger partial charge on any atom is -0.413 e. The van der Waals surface area contributed by atoms with E-state index in [1.165, 1.54) is 12.8 Å². The van der Waals surface area contributed by atoms with E-state index >= 15 is 0 Å². The van der Waals surface area contributed by atoms with Crippen molar-refractivity contribution in [2.24, 2.45) is 11.5 Å². The summed E-state index contributed by atoms with van der Waals surface area (Å²) in [5, 5.41) is 1.11. The fraction of sp³-hybridized carbons (Fsp3) is 0.727. The first-order valence-electron chi connectivity index (χ1n) is 12.0. The van der Waals surface area contributed by atoms with E-state index in [4.69, 9.17) is 23.8 Å². The molecule has 5 nitrogen and oxygen atoms in total. The first-order chi connectivity index (χ1) is 14.4. The summed E-state index contributed by atoms with van der Waals surface area (Å²) in [5.74, 6) is 0. The second kappa shape index (κ2) is 12.9. The first kappa shape index (κ1) is 28.9. The van der Waals surface area contributed by atoms with Crippen molar-refractivity contribution in [1.29, 1.82) is 0 Å². The van der Waals surface area contributed by atoms with Crippen LogP contribution < -0.4 is 16.7 Å². The van der Waals surface area contributed by atoms with Gasteiger partial charge in [-0.05, 0) is 83.3 Å². The van der Waals surface area contributed by atoms with E-state index in [2.05, 4.69) is 76.5 Å². The Morgan fingerprint density at radius 1 is 0.645 bits per heavy atom. The van der Waals surface area contributed by atoms with Crippen LogP contribution in [0.25, 0.3) is 0 Å². The molecule has 180 valence electrons. The van der Waals surface area contributed by atoms with E-state index in [-0.39, 0.29) is 0 Å². The molecule has 1 aromatic rings.